The number of hydrogen-bond acceptors (Lipinski definition) is 7. The van der Waals surface area contributed by atoms with Gasteiger partial charge in [0.15, 0.2) is 5.82 Å². The van der Waals surface area contributed by atoms with Crippen molar-refractivity contribution in [2.45, 2.75) is 12.5 Å². The Balaban J connectivity index is 1.30. The molecular weight excluding hydrogens is 412 g/mol. The first-order valence-electron chi connectivity index (χ1n) is 10.6. The Kier molecular flexibility index (Phi) is 6.29. The number of benzene rings is 1. The summed E-state index contributed by atoms with van der Waals surface area (Å²) < 4.78 is 11.3. The van der Waals surface area contributed by atoms with Crippen LogP contribution in [0.5, 0.6) is 11.6 Å². The fourth-order valence-electron chi connectivity index (χ4n) is 3.90. The van der Waals surface area contributed by atoms with Gasteiger partial charge in [-0.25, -0.2) is 4.79 Å². The zero-order valence-corrected chi connectivity index (χ0v) is 18.6. The normalized spacial score (nSPS) is 18.3. The fourth-order valence-corrected chi connectivity index (χ4v) is 3.90. The summed E-state index contributed by atoms with van der Waals surface area (Å²) in [4.78, 5) is 32.6. The van der Waals surface area contributed by atoms with Crippen LogP contribution in [0.3, 0.4) is 0 Å². The van der Waals surface area contributed by atoms with Crippen molar-refractivity contribution in [3.8, 4) is 11.6 Å². The lowest BCUT2D eigenvalue weighted by atomic mass is 10.2. The van der Waals surface area contributed by atoms with Crippen LogP contribution >= 0.6 is 0 Å². The minimum atomic E-state index is -0.189. The molecule has 10 nitrogen and oxygen atoms in total. The number of likely N-dealkylation sites (tertiary alicyclic amines) is 1. The molecule has 3 amide bonds. The predicted octanol–water partition coefficient (Wildman–Crippen LogP) is 1.47. The Morgan fingerprint density at radius 3 is 2.66 bits per heavy atom. The topological polar surface area (TPSA) is 91.3 Å². The predicted molar refractivity (Wildman–Crippen MR) is 119 cm³/mol. The molecule has 4 rings (SSSR count). The van der Waals surface area contributed by atoms with Crippen molar-refractivity contribution in [1.29, 1.82) is 0 Å². The van der Waals surface area contributed by atoms with Crippen LogP contribution in [-0.2, 0) is 4.79 Å². The first kappa shape index (κ1) is 21.7. The number of rotatable bonds is 7. The SMILES string of the molecule is COc1ccccc1N1CCN(CC(=O)N2CCC(Oc3ccc(N(C)C)nn3)C2)C1=O. The van der Waals surface area contributed by atoms with Crippen LogP contribution in [0.4, 0.5) is 16.3 Å². The van der Waals surface area contributed by atoms with E-state index in [1.54, 1.807) is 27.9 Å². The molecule has 2 fully saturated rings. The number of para-hydroxylation sites is 2. The first-order chi connectivity index (χ1) is 15.5. The molecule has 0 aliphatic carbocycles. The highest BCUT2D eigenvalue weighted by Crippen LogP contribution is 2.30. The van der Waals surface area contributed by atoms with Crippen molar-refractivity contribution in [2.24, 2.45) is 0 Å². The van der Waals surface area contributed by atoms with E-state index in [2.05, 4.69) is 10.2 Å². The van der Waals surface area contributed by atoms with Crippen LogP contribution in [0.2, 0.25) is 0 Å². The third kappa shape index (κ3) is 4.53. The minimum Gasteiger partial charge on any atom is -0.495 e. The molecule has 0 spiro atoms. The highest BCUT2D eigenvalue weighted by Gasteiger charge is 2.35. The maximum atomic E-state index is 12.9. The van der Waals surface area contributed by atoms with E-state index >= 15 is 0 Å². The maximum Gasteiger partial charge on any atom is 0.325 e. The lowest BCUT2D eigenvalue weighted by Gasteiger charge is -2.22. The number of amides is 3. The zero-order valence-electron chi connectivity index (χ0n) is 18.6. The number of anilines is 2. The molecule has 32 heavy (non-hydrogen) atoms. The average molecular weight is 441 g/mol. The summed E-state index contributed by atoms with van der Waals surface area (Å²) in [5, 5.41) is 8.20. The lowest BCUT2D eigenvalue weighted by molar-refractivity contribution is -0.130. The van der Waals surface area contributed by atoms with Gasteiger partial charge in [0.1, 0.15) is 18.4 Å². The van der Waals surface area contributed by atoms with Crippen LogP contribution in [0.15, 0.2) is 36.4 Å². The Labute approximate surface area is 187 Å². The number of carbonyl (C=O) groups is 2. The van der Waals surface area contributed by atoms with Gasteiger partial charge in [0.25, 0.3) is 0 Å². The van der Waals surface area contributed by atoms with E-state index in [9.17, 15) is 9.59 Å². The van der Waals surface area contributed by atoms with E-state index in [1.807, 2.05) is 49.3 Å². The number of urea groups is 1. The van der Waals surface area contributed by atoms with Gasteiger partial charge >= 0.3 is 6.03 Å². The van der Waals surface area contributed by atoms with Crippen LogP contribution < -0.4 is 19.3 Å². The molecule has 1 atom stereocenters. The van der Waals surface area contributed by atoms with Crippen molar-refractivity contribution < 1.29 is 19.1 Å². The molecule has 3 heterocycles. The van der Waals surface area contributed by atoms with Gasteiger partial charge in [-0.05, 0) is 18.2 Å². The van der Waals surface area contributed by atoms with Crippen LogP contribution in [0, 0.1) is 0 Å². The molecule has 0 radical (unpaired) electrons. The molecule has 0 N–H and O–H groups in total. The van der Waals surface area contributed by atoms with Gasteiger partial charge in [0, 0.05) is 46.2 Å². The summed E-state index contributed by atoms with van der Waals surface area (Å²) in [7, 11) is 5.37. The van der Waals surface area contributed by atoms with Crippen LogP contribution in [0.1, 0.15) is 6.42 Å². The van der Waals surface area contributed by atoms with Gasteiger partial charge in [-0.2, -0.15) is 0 Å². The molecule has 0 saturated carbocycles. The fraction of sp³-hybridized carbons (Fsp3) is 0.455. The van der Waals surface area contributed by atoms with E-state index in [0.717, 1.165) is 5.82 Å². The second-order valence-corrected chi connectivity index (χ2v) is 8.02. The average Bonchev–Trinajstić information content (AvgIpc) is 3.41. The van der Waals surface area contributed by atoms with E-state index in [1.165, 1.54) is 0 Å². The molecule has 2 aliphatic rings. The number of ether oxygens (including phenoxy) is 2. The number of nitrogens with zero attached hydrogens (tertiary/aromatic N) is 6. The summed E-state index contributed by atoms with van der Waals surface area (Å²) in [6.07, 6.45) is 0.572. The summed E-state index contributed by atoms with van der Waals surface area (Å²) in [6.45, 7) is 2.11. The minimum absolute atomic E-state index is 0.0501. The number of aromatic nitrogens is 2. The third-order valence-electron chi connectivity index (χ3n) is 5.67. The van der Waals surface area contributed by atoms with Crippen molar-refractivity contribution in [3.05, 3.63) is 36.4 Å². The Morgan fingerprint density at radius 1 is 1.12 bits per heavy atom. The third-order valence-corrected chi connectivity index (χ3v) is 5.67. The summed E-state index contributed by atoms with van der Waals surface area (Å²) in [5.41, 5.74) is 0.714. The van der Waals surface area contributed by atoms with Crippen molar-refractivity contribution in [3.63, 3.8) is 0 Å². The molecule has 170 valence electrons. The van der Waals surface area contributed by atoms with Gasteiger partial charge in [-0.3, -0.25) is 9.69 Å². The van der Waals surface area contributed by atoms with Gasteiger partial charge in [-0.1, -0.05) is 12.1 Å². The Bertz CT molecular complexity index is 967. The molecule has 10 heteroatoms. The van der Waals surface area contributed by atoms with Crippen molar-refractivity contribution >= 4 is 23.4 Å². The number of hydrogen-bond donors (Lipinski definition) is 0. The van der Waals surface area contributed by atoms with E-state index < -0.39 is 0 Å². The van der Waals surface area contributed by atoms with Crippen LogP contribution in [-0.4, -0.2) is 92.0 Å². The second kappa shape index (κ2) is 9.29. The summed E-state index contributed by atoms with van der Waals surface area (Å²) in [6, 6.07) is 10.8. The van der Waals surface area contributed by atoms with E-state index in [0.29, 0.717) is 49.9 Å². The highest BCUT2D eigenvalue weighted by atomic mass is 16.5. The maximum absolute atomic E-state index is 12.9. The zero-order chi connectivity index (χ0) is 22.7. The molecule has 0 bridgehead atoms. The van der Waals surface area contributed by atoms with Crippen LogP contribution in [0.25, 0.3) is 0 Å². The summed E-state index contributed by atoms with van der Waals surface area (Å²) in [5.74, 6) is 1.74. The summed E-state index contributed by atoms with van der Waals surface area (Å²) >= 11 is 0. The quantitative estimate of drug-likeness (QED) is 0.644. The highest BCUT2D eigenvalue weighted by molar-refractivity contribution is 5.97. The van der Waals surface area contributed by atoms with Gasteiger partial charge in [0.05, 0.1) is 19.3 Å². The van der Waals surface area contributed by atoms with Crippen molar-refractivity contribution in [1.82, 2.24) is 20.0 Å². The number of methoxy groups -OCH3 is 1. The van der Waals surface area contributed by atoms with Gasteiger partial charge < -0.3 is 24.2 Å². The second-order valence-electron chi connectivity index (χ2n) is 8.02. The molecule has 1 aromatic carbocycles. The molecule has 1 aromatic heterocycles. The molecular formula is C22H28N6O4. The molecule has 2 saturated heterocycles. The van der Waals surface area contributed by atoms with Crippen molar-refractivity contribution in [2.75, 3.05) is 63.7 Å². The van der Waals surface area contributed by atoms with Gasteiger partial charge in [0.2, 0.25) is 11.8 Å². The molecule has 2 aliphatic heterocycles. The smallest absolute Gasteiger partial charge is 0.325 e. The first-order valence-corrected chi connectivity index (χ1v) is 10.6. The monoisotopic (exact) mass is 440 g/mol. The largest absolute Gasteiger partial charge is 0.495 e. The molecule has 1 unspecified atom stereocenters. The Hall–Kier alpha value is -3.56. The van der Waals surface area contributed by atoms with Gasteiger partial charge in [-0.15, -0.1) is 10.2 Å². The Morgan fingerprint density at radius 2 is 1.94 bits per heavy atom. The number of carbonyl (C=O) groups excluding carboxylic acids is 2. The lowest BCUT2D eigenvalue weighted by Crippen LogP contribution is -2.42. The van der Waals surface area contributed by atoms with E-state index in [-0.39, 0.29) is 24.6 Å². The molecule has 2 aromatic rings. The standard InChI is InChI=1S/C22H28N6O4/c1-25(2)19-8-9-20(24-23-19)32-16-10-11-26(14-16)21(29)15-27-12-13-28(22(27)30)17-6-4-5-7-18(17)31-3/h4-9,16H,10-15H2,1-3H3. The van der Waals surface area contributed by atoms with E-state index in [4.69, 9.17) is 9.47 Å².